The van der Waals surface area contributed by atoms with E-state index in [1.165, 1.54) is 16.0 Å². The van der Waals surface area contributed by atoms with Gasteiger partial charge in [-0.25, -0.2) is 4.98 Å². The van der Waals surface area contributed by atoms with Crippen molar-refractivity contribution in [2.75, 3.05) is 5.32 Å². The zero-order chi connectivity index (χ0) is 22.6. The third-order valence-electron chi connectivity index (χ3n) is 5.67. The van der Waals surface area contributed by atoms with Gasteiger partial charge in [0.1, 0.15) is 0 Å². The highest BCUT2D eigenvalue weighted by atomic mass is 32.1. The fraction of sp³-hybridized carbons (Fsp3) is 0.103. The standard InChI is InChI=1S/C29H24N2OS/c1-2-8-26-27(23-16-13-22(14-17-23)20-9-4-3-5-10-20)30-29(33-26)31-28(32)25-18-15-21-11-6-7-12-24(21)19-25/h3-7,9-19H,2,8H2,1H3,(H,30,31,32). The first-order valence-corrected chi connectivity index (χ1v) is 12.0. The van der Waals surface area contributed by atoms with Crippen LogP contribution in [0.5, 0.6) is 0 Å². The van der Waals surface area contributed by atoms with Gasteiger partial charge in [0.15, 0.2) is 5.13 Å². The SMILES string of the molecule is CCCc1sc(NC(=O)c2ccc3ccccc3c2)nc1-c1ccc(-c2ccccc2)cc1. The Bertz CT molecular complexity index is 1410. The van der Waals surface area contributed by atoms with Crippen molar-refractivity contribution in [3.05, 3.63) is 108 Å². The van der Waals surface area contributed by atoms with Crippen molar-refractivity contribution in [2.24, 2.45) is 0 Å². The van der Waals surface area contributed by atoms with Crippen molar-refractivity contribution in [2.45, 2.75) is 19.8 Å². The Morgan fingerprint density at radius 3 is 2.21 bits per heavy atom. The molecule has 0 fully saturated rings. The lowest BCUT2D eigenvalue weighted by Crippen LogP contribution is -2.11. The maximum absolute atomic E-state index is 12.9. The molecule has 0 bridgehead atoms. The summed E-state index contributed by atoms with van der Waals surface area (Å²) in [4.78, 5) is 18.9. The molecule has 33 heavy (non-hydrogen) atoms. The molecule has 162 valence electrons. The minimum atomic E-state index is -0.136. The summed E-state index contributed by atoms with van der Waals surface area (Å²) in [6.07, 6.45) is 1.95. The van der Waals surface area contributed by atoms with Crippen LogP contribution in [0, 0.1) is 0 Å². The lowest BCUT2D eigenvalue weighted by atomic mass is 10.0. The van der Waals surface area contributed by atoms with E-state index in [1.807, 2.05) is 60.7 Å². The van der Waals surface area contributed by atoms with Gasteiger partial charge in [-0.15, -0.1) is 11.3 Å². The summed E-state index contributed by atoms with van der Waals surface area (Å²) < 4.78 is 0. The lowest BCUT2D eigenvalue weighted by Gasteiger charge is -2.05. The number of anilines is 1. The van der Waals surface area contributed by atoms with Crippen molar-refractivity contribution in [1.29, 1.82) is 0 Å². The molecule has 4 heteroatoms. The van der Waals surface area contributed by atoms with E-state index in [1.54, 1.807) is 11.3 Å². The topological polar surface area (TPSA) is 42.0 Å². The minimum absolute atomic E-state index is 0.136. The van der Waals surface area contributed by atoms with E-state index in [4.69, 9.17) is 4.98 Å². The predicted molar refractivity (Wildman–Crippen MR) is 139 cm³/mol. The number of aromatic nitrogens is 1. The zero-order valence-electron chi connectivity index (χ0n) is 18.4. The maximum atomic E-state index is 12.9. The highest BCUT2D eigenvalue weighted by Crippen LogP contribution is 2.33. The number of carbonyl (C=O) groups is 1. The van der Waals surface area contributed by atoms with Crippen molar-refractivity contribution in [3.63, 3.8) is 0 Å². The monoisotopic (exact) mass is 448 g/mol. The number of hydrogen-bond donors (Lipinski definition) is 1. The molecule has 0 radical (unpaired) electrons. The molecule has 3 nitrogen and oxygen atoms in total. The Morgan fingerprint density at radius 2 is 1.45 bits per heavy atom. The van der Waals surface area contributed by atoms with Gasteiger partial charge in [-0.2, -0.15) is 0 Å². The largest absolute Gasteiger partial charge is 0.298 e. The normalized spacial score (nSPS) is 10.9. The second-order valence-corrected chi connectivity index (χ2v) is 9.08. The van der Waals surface area contributed by atoms with E-state index in [-0.39, 0.29) is 5.91 Å². The number of nitrogens with one attached hydrogen (secondary N) is 1. The second kappa shape index (κ2) is 9.39. The molecule has 1 amide bonds. The first-order valence-electron chi connectivity index (χ1n) is 11.2. The fourth-order valence-electron chi connectivity index (χ4n) is 3.98. The van der Waals surface area contributed by atoms with E-state index in [9.17, 15) is 4.79 Å². The molecule has 1 N–H and O–H groups in total. The highest BCUT2D eigenvalue weighted by Gasteiger charge is 2.16. The van der Waals surface area contributed by atoms with Crippen LogP contribution in [0.4, 0.5) is 5.13 Å². The van der Waals surface area contributed by atoms with E-state index in [2.05, 4.69) is 48.6 Å². The molecule has 0 saturated heterocycles. The summed E-state index contributed by atoms with van der Waals surface area (Å²) in [5.74, 6) is -0.136. The number of benzene rings is 4. The number of rotatable bonds is 6. The molecule has 0 unspecified atom stereocenters. The quantitative estimate of drug-likeness (QED) is 0.287. The van der Waals surface area contributed by atoms with Crippen LogP contribution in [0.1, 0.15) is 28.6 Å². The van der Waals surface area contributed by atoms with Crippen LogP contribution in [0.2, 0.25) is 0 Å². The van der Waals surface area contributed by atoms with Crippen molar-refractivity contribution < 1.29 is 4.79 Å². The van der Waals surface area contributed by atoms with Gasteiger partial charge in [0.2, 0.25) is 0 Å². The van der Waals surface area contributed by atoms with Crippen LogP contribution in [0.15, 0.2) is 97.1 Å². The zero-order valence-corrected chi connectivity index (χ0v) is 19.2. The van der Waals surface area contributed by atoms with E-state index in [0.29, 0.717) is 10.7 Å². The van der Waals surface area contributed by atoms with E-state index >= 15 is 0 Å². The van der Waals surface area contributed by atoms with Gasteiger partial charge in [0.25, 0.3) is 5.91 Å². The summed E-state index contributed by atoms with van der Waals surface area (Å²) in [5.41, 5.74) is 5.03. The molecular formula is C29H24N2OS. The van der Waals surface area contributed by atoms with Crippen LogP contribution in [-0.4, -0.2) is 10.9 Å². The summed E-state index contributed by atoms with van der Waals surface area (Å²) in [5, 5.41) is 5.83. The Balaban J connectivity index is 1.41. The lowest BCUT2D eigenvalue weighted by molar-refractivity contribution is 0.102. The van der Waals surface area contributed by atoms with Crippen LogP contribution in [0.25, 0.3) is 33.2 Å². The van der Waals surface area contributed by atoms with Gasteiger partial charge >= 0.3 is 0 Å². The third-order valence-corrected chi connectivity index (χ3v) is 6.70. The molecule has 5 rings (SSSR count). The maximum Gasteiger partial charge on any atom is 0.257 e. The van der Waals surface area contributed by atoms with Crippen LogP contribution in [-0.2, 0) is 6.42 Å². The van der Waals surface area contributed by atoms with Gasteiger partial charge < -0.3 is 0 Å². The summed E-state index contributed by atoms with van der Waals surface area (Å²) in [7, 11) is 0. The van der Waals surface area contributed by atoms with Gasteiger partial charge in [0, 0.05) is 16.0 Å². The molecule has 1 aromatic heterocycles. The number of nitrogens with zero attached hydrogens (tertiary/aromatic N) is 1. The van der Waals surface area contributed by atoms with Gasteiger partial charge in [-0.1, -0.05) is 98.3 Å². The Hall–Kier alpha value is -3.76. The smallest absolute Gasteiger partial charge is 0.257 e. The molecule has 4 aromatic carbocycles. The highest BCUT2D eigenvalue weighted by molar-refractivity contribution is 7.16. The summed E-state index contributed by atoms with van der Waals surface area (Å²) in [6.45, 7) is 2.16. The fourth-order valence-corrected chi connectivity index (χ4v) is 5.06. The Kier molecular flexibility index (Phi) is 6.01. The van der Waals surface area contributed by atoms with E-state index in [0.717, 1.165) is 34.9 Å². The van der Waals surface area contributed by atoms with Crippen molar-refractivity contribution >= 4 is 33.1 Å². The summed E-state index contributed by atoms with van der Waals surface area (Å²) >= 11 is 1.56. The van der Waals surface area contributed by atoms with Crippen LogP contribution < -0.4 is 5.32 Å². The van der Waals surface area contributed by atoms with Crippen molar-refractivity contribution in [3.8, 4) is 22.4 Å². The van der Waals surface area contributed by atoms with Crippen LogP contribution >= 0.6 is 11.3 Å². The number of amides is 1. The summed E-state index contributed by atoms with van der Waals surface area (Å²) in [6, 6.07) is 32.7. The van der Waals surface area contributed by atoms with Crippen LogP contribution in [0.3, 0.4) is 0 Å². The second-order valence-electron chi connectivity index (χ2n) is 8.00. The first-order chi connectivity index (χ1) is 16.2. The molecule has 0 aliphatic rings. The molecule has 0 atom stereocenters. The molecular weight excluding hydrogens is 424 g/mol. The molecule has 5 aromatic rings. The predicted octanol–water partition coefficient (Wildman–Crippen LogP) is 7.84. The first kappa shape index (κ1) is 21.1. The van der Waals surface area contributed by atoms with Crippen molar-refractivity contribution in [1.82, 2.24) is 4.98 Å². The Labute approximate surface area is 197 Å². The van der Waals surface area contributed by atoms with Gasteiger partial charge in [-0.3, -0.25) is 10.1 Å². The average molecular weight is 449 g/mol. The van der Waals surface area contributed by atoms with Gasteiger partial charge in [0.05, 0.1) is 5.69 Å². The van der Waals surface area contributed by atoms with E-state index < -0.39 is 0 Å². The number of fused-ring (bicyclic) bond motifs is 1. The number of thiazole rings is 1. The average Bonchev–Trinajstić information content (AvgIpc) is 3.26. The number of aryl methyl sites for hydroxylation is 1. The number of carbonyl (C=O) groups excluding carboxylic acids is 1. The Morgan fingerprint density at radius 1 is 0.788 bits per heavy atom. The third kappa shape index (κ3) is 4.57. The molecule has 0 aliphatic carbocycles. The van der Waals surface area contributed by atoms with Gasteiger partial charge in [-0.05, 0) is 40.5 Å². The molecule has 1 heterocycles. The molecule has 0 aliphatic heterocycles. The minimum Gasteiger partial charge on any atom is -0.298 e. The molecule has 0 saturated carbocycles. The molecule has 0 spiro atoms. The number of hydrogen-bond acceptors (Lipinski definition) is 3.